The predicted molar refractivity (Wildman–Crippen MR) is 68.0 cm³/mol. The van der Waals surface area contributed by atoms with E-state index in [9.17, 15) is 4.79 Å². The Kier molecular flexibility index (Phi) is 2.63. The average molecular weight is 225 g/mol. The van der Waals surface area contributed by atoms with Crippen LogP contribution >= 0.6 is 0 Å². The van der Waals surface area contributed by atoms with E-state index in [2.05, 4.69) is 4.98 Å². The Balaban J connectivity index is 2.07. The highest BCUT2D eigenvalue weighted by atomic mass is 16.1. The summed E-state index contributed by atoms with van der Waals surface area (Å²) >= 11 is 0. The second-order valence-electron chi connectivity index (χ2n) is 4.75. The molecule has 1 aliphatic rings. The first kappa shape index (κ1) is 10.5. The van der Waals surface area contributed by atoms with E-state index >= 15 is 0 Å². The lowest BCUT2D eigenvalue weighted by Gasteiger charge is -2.10. The molecule has 0 aliphatic heterocycles. The van der Waals surface area contributed by atoms with Crippen LogP contribution in [-0.2, 0) is 0 Å². The van der Waals surface area contributed by atoms with E-state index in [0.29, 0.717) is 5.78 Å². The van der Waals surface area contributed by atoms with Crippen LogP contribution < -0.4 is 0 Å². The molecule has 1 saturated carbocycles. The fourth-order valence-electron chi connectivity index (χ4n) is 2.75. The van der Waals surface area contributed by atoms with Crippen LogP contribution in [0.4, 0.5) is 0 Å². The van der Waals surface area contributed by atoms with Gasteiger partial charge in [0.1, 0.15) is 0 Å². The molecule has 17 heavy (non-hydrogen) atoms. The van der Waals surface area contributed by atoms with Gasteiger partial charge in [-0.25, -0.2) is 0 Å². The van der Waals surface area contributed by atoms with Crippen LogP contribution in [0.2, 0.25) is 0 Å². The number of hydrogen-bond acceptors (Lipinski definition) is 2. The lowest BCUT2D eigenvalue weighted by molar-refractivity contribution is 0.0924. The number of benzene rings is 1. The molecule has 1 fully saturated rings. The van der Waals surface area contributed by atoms with Gasteiger partial charge in [0.2, 0.25) is 0 Å². The summed E-state index contributed by atoms with van der Waals surface area (Å²) in [5.41, 5.74) is 0.872. The molecule has 0 amide bonds. The first-order valence-electron chi connectivity index (χ1n) is 6.23. The summed E-state index contributed by atoms with van der Waals surface area (Å²) < 4.78 is 0. The summed E-state index contributed by atoms with van der Waals surface area (Å²) in [6, 6.07) is 7.85. The monoisotopic (exact) mass is 225 g/mol. The molecule has 1 aromatic carbocycles. The summed E-state index contributed by atoms with van der Waals surface area (Å²) in [6.45, 7) is 0. The molecule has 1 heterocycles. The van der Waals surface area contributed by atoms with Crippen LogP contribution in [0.1, 0.15) is 36.0 Å². The van der Waals surface area contributed by atoms with Crippen LogP contribution in [0.25, 0.3) is 10.8 Å². The predicted octanol–water partition coefficient (Wildman–Crippen LogP) is 3.61. The number of pyridine rings is 1. The number of Topliss-reactive ketones (excluding diaryl/α,β-unsaturated/α-hetero) is 1. The lowest BCUT2D eigenvalue weighted by atomic mass is 9.93. The molecule has 0 unspecified atom stereocenters. The Labute approximate surface area is 101 Å². The molecule has 1 aliphatic carbocycles. The van der Waals surface area contributed by atoms with Crippen molar-refractivity contribution >= 4 is 16.6 Å². The maximum Gasteiger partial charge on any atom is 0.166 e. The standard InChI is InChI=1S/C15H15NO/c17-15(11-4-1-2-5-11)14-7-3-6-12-10-16-9-8-13(12)14/h3,6-11H,1-2,4-5H2. The van der Waals surface area contributed by atoms with Gasteiger partial charge in [-0.15, -0.1) is 0 Å². The zero-order valence-corrected chi connectivity index (χ0v) is 9.73. The Bertz CT molecular complexity index is 550. The molecular formula is C15H15NO. The molecule has 2 aromatic rings. The first-order chi connectivity index (χ1) is 8.36. The van der Waals surface area contributed by atoms with Crippen LogP contribution in [0.5, 0.6) is 0 Å². The second kappa shape index (κ2) is 4.28. The highest BCUT2D eigenvalue weighted by molar-refractivity contribution is 6.08. The highest BCUT2D eigenvalue weighted by Gasteiger charge is 2.24. The quantitative estimate of drug-likeness (QED) is 0.731. The molecular weight excluding hydrogens is 210 g/mol. The number of carbonyl (C=O) groups excluding carboxylic acids is 1. The minimum Gasteiger partial charge on any atom is -0.294 e. The van der Waals surface area contributed by atoms with Crippen LogP contribution in [-0.4, -0.2) is 10.8 Å². The SMILES string of the molecule is O=C(c1cccc2cnccc12)C1CCCC1. The molecule has 0 bridgehead atoms. The van der Waals surface area contributed by atoms with E-state index in [0.717, 1.165) is 29.2 Å². The third-order valence-electron chi connectivity index (χ3n) is 3.67. The van der Waals surface area contributed by atoms with Crippen LogP contribution in [0, 0.1) is 5.92 Å². The van der Waals surface area contributed by atoms with Crippen molar-refractivity contribution in [3.8, 4) is 0 Å². The fourth-order valence-corrected chi connectivity index (χ4v) is 2.75. The lowest BCUT2D eigenvalue weighted by Crippen LogP contribution is -2.11. The summed E-state index contributed by atoms with van der Waals surface area (Å²) in [5.74, 6) is 0.563. The Morgan fingerprint density at radius 2 is 2.00 bits per heavy atom. The number of carbonyl (C=O) groups is 1. The number of fused-ring (bicyclic) bond motifs is 1. The van der Waals surface area contributed by atoms with Gasteiger partial charge in [0.15, 0.2) is 5.78 Å². The van der Waals surface area contributed by atoms with Gasteiger partial charge in [0.25, 0.3) is 0 Å². The van der Waals surface area contributed by atoms with Gasteiger partial charge in [-0.1, -0.05) is 31.0 Å². The number of rotatable bonds is 2. The number of hydrogen-bond donors (Lipinski definition) is 0. The van der Waals surface area contributed by atoms with E-state index in [-0.39, 0.29) is 5.92 Å². The van der Waals surface area contributed by atoms with Crippen molar-refractivity contribution in [2.75, 3.05) is 0 Å². The molecule has 0 spiro atoms. The molecule has 0 saturated heterocycles. The normalized spacial score (nSPS) is 16.5. The minimum atomic E-state index is 0.244. The Morgan fingerprint density at radius 1 is 1.18 bits per heavy atom. The summed E-state index contributed by atoms with van der Waals surface area (Å²) in [6.07, 6.45) is 8.08. The van der Waals surface area contributed by atoms with Crippen molar-refractivity contribution in [2.45, 2.75) is 25.7 Å². The number of aromatic nitrogens is 1. The zero-order valence-electron chi connectivity index (χ0n) is 9.73. The molecule has 0 atom stereocenters. The average Bonchev–Trinajstić information content (AvgIpc) is 2.91. The molecule has 0 N–H and O–H groups in total. The molecule has 1 aromatic heterocycles. The smallest absolute Gasteiger partial charge is 0.166 e. The summed E-state index contributed by atoms with van der Waals surface area (Å²) in [5, 5.41) is 2.09. The summed E-state index contributed by atoms with van der Waals surface area (Å²) in [4.78, 5) is 16.5. The van der Waals surface area contributed by atoms with Crippen molar-refractivity contribution in [1.82, 2.24) is 4.98 Å². The van der Waals surface area contributed by atoms with E-state index < -0.39 is 0 Å². The fraction of sp³-hybridized carbons (Fsp3) is 0.333. The maximum atomic E-state index is 12.4. The van der Waals surface area contributed by atoms with E-state index in [1.807, 2.05) is 30.5 Å². The van der Waals surface area contributed by atoms with Gasteiger partial charge in [-0.3, -0.25) is 9.78 Å². The van der Waals surface area contributed by atoms with Gasteiger partial charge >= 0.3 is 0 Å². The minimum absolute atomic E-state index is 0.244. The molecule has 3 rings (SSSR count). The third kappa shape index (κ3) is 1.84. The first-order valence-corrected chi connectivity index (χ1v) is 6.23. The van der Waals surface area contributed by atoms with Crippen LogP contribution in [0.3, 0.4) is 0 Å². The maximum absolute atomic E-state index is 12.4. The van der Waals surface area contributed by atoms with Crippen molar-refractivity contribution in [2.24, 2.45) is 5.92 Å². The van der Waals surface area contributed by atoms with Crippen molar-refractivity contribution in [3.05, 3.63) is 42.2 Å². The Morgan fingerprint density at radius 3 is 2.82 bits per heavy atom. The topological polar surface area (TPSA) is 30.0 Å². The molecule has 86 valence electrons. The zero-order chi connectivity index (χ0) is 11.7. The number of ketones is 1. The van der Waals surface area contributed by atoms with Gasteiger partial charge in [-0.05, 0) is 24.3 Å². The second-order valence-corrected chi connectivity index (χ2v) is 4.75. The Hall–Kier alpha value is -1.70. The van der Waals surface area contributed by atoms with E-state index in [1.165, 1.54) is 12.8 Å². The van der Waals surface area contributed by atoms with Gasteiger partial charge < -0.3 is 0 Å². The van der Waals surface area contributed by atoms with Crippen LogP contribution in [0.15, 0.2) is 36.7 Å². The largest absolute Gasteiger partial charge is 0.294 e. The van der Waals surface area contributed by atoms with Crippen molar-refractivity contribution in [1.29, 1.82) is 0 Å². The molecule has 2 nitrogen and oxygen atoms in total. The van der Waals surface area contributed by atoms with E-state index in [4.69, 9.17) is 0 Å². The molecule has 0 radical (unpaired) electrons. The highest BCUT2D eigenvalue weighted by Crippen LogP contribution is 2.30. The third-order valence-corrected chi connectivity index (χ3v) is 3.67. The summed E-state index contributed by atoms with van der Waals surface area (Å²) in [7, 11) is 0. The van der Waals surface area contributed by atoms with Crippen molar-refractivity contribution in [3.63, 3.8) is 0 Å². The number of nitrogens with zero attached hydrogens (tertiary/aromatic N) is 1. The van der Waals surface area contributed by atoms with E-state index in [1.54, 1.807) is 6.20 Å². The van der Waals surface area contributed by atoms with Gasteiger partial charge in [-0.2, -0.15) is 0 Å². The van der Waals surface area contributed by atoms with Gasteiger partial charge in [0.05, 0.1) is 0 Å². The van der Waals surface area contributed by atoms with Gasteiger partial charge in [0, 0.05) is 29.3 Å². The molecule has 2 heteroatoms. The van der Waals surface area contributed by atoms with Crippen molar-refractivity contribution < 1.29 is 4.79 Å².